The molecule has 1 N–H and O–H groups in total. The number of carbonyl (C=O) groups is 1. The lowest BCUT2D eigenvalue weighted by Crippen LogP contribution is -2.36. The van der Waals surface area contributed by atoms with Crippen LogP contribution < -0.4 is 15.0 Å². The Hall–Kier alpha value is -3.27. The quantitative estimate of drug-likeness (QED) is 0.702. The van der Waals surface area contributed by atoms with Crippen LogP contribution >= 0.6 is 0 Å². The van der Waals surface area contributed by atoms with Gasteiger partial charge in [-0.25, -0.2) is 4.98 Å². The van der Waals surface area contributed by atoms with Gasteiger partial charge in [-0.1, -0.05) is 0 Å². The van der Waals surface area contributed by atoms with Crippen LogP contribution in [0.15, 0.2) is 55.0 Å². The number of benzene rings is 1. The number of hydrogen-bond donors (Lipinski definition) is 1. The third-order valence-corrected chi connectivity index (χ3v) is 5.74. The van der Waals surface area contributed by atoms with Crippen LogP contribution in [0.2, 0.25) is 0 Å². The Labute approximate surface area is 190 Å². The summed E-state index contributed by atoms with van der Waals surface area (Å²) in [5, 5.41) is 2.94. The van der Waals surface area contributed by atoms with E-state index in [2.05, 4.69) is 31.9 Å². The monoisotopic (exact) mass is 461 g/mol. The van der Waals surface area contributed by atoms with Crippen molar-refractivity contribution in [3.05, 3.63) is 60.6 Å². The summed E-state index contributed by atoms with van der Waals surface area (Å²) in [5.41, 5.74) is 1.74. The van der Waals surface area contributed by atoms with Gasteiger partial charge in [-0.05, 0) is 74.9 Å². The van der Waals surface area contributed by atoms with Crippen molar-refractivity contribution in [3.8, 4) is 5.75 Å². The standard InChI is InChI=1S/C23H26F3N5O2/c1-29-10-7-18(8-11-29)22(32)28-21-14-17(6-9-27-21)15-30-12-13-31(16-30)19-2-4-20(5-3-19)33-23(24,25)26/h2-6,9,12-14,18H,7-8,10-11,15-16H2,1H3,(H,27,28,32). The molecule has 2 aliphatic rings. The van der Waals surface area contributed by atoms with Crippen molar-refractivity contribution in [2.24, 2.45) is 5.92 Å². The Morgan fingerprint density at radius 3 is 2.58 bits per heavy atom. The molecule has 1 aromatic heterocycles. The number of aromatic nitrogens is 1. The minimum Gasteiger partial charge on any atom is -0.406 e. The van der Waals surface area contributed by atoms with Gasteiger partial charge in [0.05, 0.1) is 6.67 Å². The molecule has 0 aliphatic carbocycles. The number of piperidine rings is 1. The fourth-order valence-electron chi connectivity index (χ4n) is 3.95. The van der Waals surface area contributed by atoms with Crippen molar-refractivity contribution in [1.82, 2.24) is 14.8 Å². The molecule has 2 aromatic rings. The molecule has 2 aliphatic heterocycles. The minimum atomic E-state index is -4.71. The van der Waals surface area contributed by atoms with Crippen LogP contribution in [0, 0.1) is 5.92 Å². The van der Waals surface area contributed by atoms with Gasteiger partial charge in [-0.2, -0.15) is 0 Å². The molecule has 3 heterocycles. The summed E-state index contributed by atoms with van der Waals surface area (Å²) in [7, 11) is 2.06. The highest BCUT2D eigenvalue weighted by Crippen LogP contribution is 2.27. The number of likely N-dealkylation sites (tertiary alicyclic amines) is 1. The Morgan fingerprint density at radius 2 is 1.88 bits per heavy atom. The number of nitrogens with zero attached hydrogens (tertiary/aromatic N) is 4. The molecule has 0 bridgehead atoms. The molecule has 176 valence electrons. The second kappa shape index (κ2) is 9.70. The van der Waals surface area contributed by atoms with Crippen LogP contribution in [-0.2, 0) is 11.3 Å². The molecule has 0 radical (unpaired) electrons. The van der Waals surface area contributed by atoms with Gasteiger partial charge < -0.3 is 24.8 Å². The Balaban J connectivity index is 1.30. The molecule has 1 aromatic carbocycles. The number of pyridine rings is 1. The van der Waals surface area contributed by atoms with Gasteiger partial charge >= 0.3 is 6.36 Å². The molecule has 0 spiro atoms. The fraction of sp³-hybridized carbons (Fsp3) is 0.391. The first-order chi connectivity index (χ1) is 15.7. The summed E-state index contributed by atoms with van der Waals surface area (Å²) in [5.74, 6) is 0.308. The highest BCUT2D eigenvalue weighted by molar-refractivity contribution is 5.91. The van der Waals surface area contributed by atoms with Gasteiger partial charge in [0.25, 0.3) is 0 Å². The largest absolute Gasteiger partial charge is 0.573 e. The van der Waals surface area contributed by atoms with Crippen molar-refractivity contribution in [1.29, 1.82) is 0 Å². The van der Waals surface area contributed by atoms with Crippen LogP contribution in [0.4, 0.5) is 24.7 Å². The second-order valence-corrected chi connectivity index (χ2v) is 8.31. The lowest BCUT2D eigenvalue weighted by atomic mass is 9.96. The zero-order valence-corrected chi connectivity index (χ0v) is 18.3. The number of hydrogen-bond acceptors (Lipinski definition) is 6. The first-order valence-electron chi connectivity index (χ1n) is 10.7. The predicted octanol–water partition coefficient (Wildman–Crippen LogP) is 4.01. The van der Waals surface area contributed by atoms with E-state index in [1.54, 1.807) is 18.3 Å². The van der Waals surface area contributed by atoms with Crippen LogP contribution in [0.25, 0.3) is 0 Å². The van der Waals surface area contributed by atoms with Crippen molar-refractivity contribution >= 4 is 17.4 Å². The van der Waals surface area contributed by atoms with Crippen molar-refractivity contribution < 1.29 is 22.7 Å². The first kappa shape index (κ1) is 22.9. The molecule has 0 atom stereocenters. The third-order valence-electron chi connectivity index (χ3n) is 5.74. The molecule has 0 saturated carbocycles. The lowest BCUT2D eigenvalue weighted by Gasteiger charge is -2.28. The number of anilines is 2. The number of amides is 1. The molecular formula is C23H26F3N5O2. The molecule has 33 heavy (non-hydrogen) atoms. The average molecular weight is 461 g/mol. The Bertz CT molecular complexity index is 988. The smallest absolute Gasteiger partial charge is 0.406 e. The third kappa shape index (κ3) is 6.38. The van der Waals surface area contributed by atoms with E-state index in [-0.39, 0.29) is 17.6 Å². The maximum atomic E-state index is 12.6. The zero-order chi connectivity index (χ0) is 23.4. The summed E-state index contributed by atoms with van der Waals surface area (Å²) >= 11 is 0. The summed E-state index contributed by atoms with van der Waals surface area (Å²) in [4.78, 5) is 23.0. The fourth-order valence-corrected chi connectivity index (χ4v) is 3.95. The van der Waals surface area contributed by atoms with Gasteiger partial charge in [0.1, 0.15) is 11.6 Å². The highest BCUT2D eigenvalue weighted by atomic mass is 19.4. The van der Waals surface area contributed by atoms with Gasteiger partial charge in [-0.3, -0.25) is 4.79 Å². The average Bonchev–Trinajstić information content (AvgIpc) is 3.22. The number of nitrogens with one attached hydrogen (secondary N) is 1. The number of ether oxygens (including phenoxy) is 1. The van der Waals surface area contributed by atoms with Gasteiger partial charge in [0.2, 0.25) is 5.91 Å². The van der Waals surface area contributed by atoms with Crippen LogP contribution in [0.5, 0.6) is 5.75 Å². The molecule has 1 amide bonds. The van der Waals surface area contributed by atoms with Crippen molar-refractivity contribution in [2.45, 2.75) is 25.7 Å². The molecule has 1 saturated heterocycles. The van der Waals surface area contributed by atoms with Crippen molar-refractivity contribution in [2.75, 3.05) is 37.0 Å². The van der Waals surface area contributed by atoms with E-state index in [9.17, 15) is 18.0 Å². The molecule has 10 heteroatoms. The summed E-state index contributed by atoms with van der Waals surface area (Å²) in [6.07, 6.45) is 2.44. The second-order valence-electron chi connectivity index (χ2n) is 8.31. The van der Waals surface area contributed by atoms with E-state index in [0.717, 1.165) is 37.2 Å². The van der Waals surface area contributed by atoms with Crippen LogP contribution in [0.1, 0.15) is 18.4 Å². The molecule has 4 rings (SSSR count). The van der Waals surface area contributed by atoms with E-state index < -0.39 is 6.36 Å². The predicted molar refractivity (Wildman–Crippen MR) is 118 cm³/mol. The van der Waals surface area contributed by atoms with E-state index in [1.807, 2.05) is 29.4 Å². The normalized spacial score (nSPS) is 17.5. The Morgan fingerprint density at radius 1 is 1.15 bits per heavy atom. The van der Waals surface area contributed by atoms with Gasteiger partial charge in [0, 0.05) is 36.7 Å². The maximum absolute atomic E-state index is 12.6. The number of rotatable bonds is 6. The number of carbonyl (C=O) groups excluding carboxylic acids is 1. The SMILES string of the molecule is CN1CCC(C(=O)Nc2cc(CN3C=CN(c4ccc(OC(F)(F)F)cc4)C3)ccn2)CC1. The van der Waals surface area contributed by atoms with Crippen LogP contribution in [-0.4, -0.2) is 53.9 Å². The first-order valence-corrected chi connectivity index (χ1v) is 10.7. The zero-order valence-electron chi connectivity index (χ0n) is 18.3. The van der Waals surface area contributed by atoms with Crippen LogP contribution in [0.3, 0.4) is 0 Å². The van der Waals surface area contributed by atoms with Gasteiger partial charge in [0.15, 0.2) is 0 Å². The molecule has 7 nitrogen and oxygen atoms in total. The molecular weight excluding hydrogens is 435 g/mol. The number of halogens is 3. The van der Waals surface area contributed by atoms with E-state index in [4.69, 9.17) is 0 Å². The van der Waals surface area contributed by atoms with Gasteiger partial charge in [-0.15, -0.1) is 13.2 Å². The van der Waals surface area contributed by atoms with E-state index in [0.29, 0.717) is 19.0 Å². The minimum absolute atomic E-state index is 0.00894. The van der Waals surface area contributed by atoms with E-state index >= 15 is 0 Å². The summed E-state index contributed by atoms with van der Waals surface area (Å²) in [6.45, 7) is 2.98. The molecule has 1 fully saturated rings. The summed E-state index contributed by atoms with van der Waals surface area (Å²) in [6, 6.07) is 9.51. The maximum Gasteiger partial charge on any atom is 0.573 e. The summed E-state index contributed by atoms with van der Waals surface area (Å²) < 4.78 is 40.9. The Kier molecular flexibility index (Phi) is 6.73. The molecule has 0 unspecified atom stereocenters. The lowest BCUT2D eigenvalue weighted by molar-refractivity contribution is -0.274. The number of alkyl halides is 3. The highest BCUT2D eigenvalue weighted by Gasteiger charge is 2.31. The van der Waals surface area contributed by atoms with E-state index in [1.165, 1.54) is 12.1 Å². The topological polar surface area (TPSA) is 60.9 Å². The van der Waals surface area contributed by atoms with Crippen molar-refractivity contribution in [3.63, 3.8) is 0 Å².